The number of methoxy groups -OCH3 is 2. The van der Waals surface area contributed by atoms with Crippen molar-refractivity contribution in [2.24, 2.45) is 5.18 Å². The van der Waals surface area contributed by atoms with E-state index in [9.17, 15) is 18.5 Å². The van der Waals surface area contributed by atoms with Crippen LogP contribution in [0.25, 0.3) is 11.1 Å². The molecule has 40 heavy (non-hydrogen) atoms. The molecule has 0 amide bonds. The smallest absolute Gasteiger partial charge is 0.260 e. The first-order chi connectivity index (χ1) is 19.3. The highest BCUT2D eigenvalue weighted by atomic mass is 32.2. The number of halogens is 3. The number of nitroso groups, excluding NO2 is 1. The van der Waals surface area contributed by atoms with Crippen LogP contribution < -0.4 is 15.0 Å². The number of rotatable bonds is 8. The molecule has 2 heterocycles. The largest absolute Gasteiger partial charge is 0.497 e. The Morgan fingerprint density at radius 3 is 2.27 bits per heavy atom. The highest BCUT2D eigenvalue weighted by Crippen LogP contribution is 2.45. The van der Waals surface area contributed by atoms with Gasteiger partial charge in [0.15, 0.2) is 11.6 Å². The summed E-state index contributed by atoms with van der Waals surface area (Å²) in [6, 6.07) is 13.2. The van der Waals surface area contributed by atoms with E-state index in [-0.39, 0.29) is 28.9 Å². The molecule has 0 N–H and O–H groups in total. The van der Waals surface area contributed by atoms with Gasteiger partial charge in [0.1, 0.15) is 23.4 Å². The molecule has 0 saturated carbocycles. The Morgan fingerprint density at radius 1 is 0.975 bits per heavy atom. The number of pyridine rings is 1. The van der Waals surface area contributed by atoms with Crippen molar-refractivity contribution in [3.63, 3.8) is 0 Å². The highest BCUT2D eigenvalue weighted by Gasteiger charge is 2.37. The third-order valence-corrected chi connectivity index (χ3v) is 8.49. The molecule has 0 saturated heterocycles. The second-order valence-electron chi connectivity index (χ2n) is 9.36. The lowest BCUT2D eigenvalue weighted by molar-refractivity contribution is 0.387. The van der Waals surface area contributed by atoms with E-state index in [0.29, 0.717) is 33.2 Å². The average molecular weight is 567 g/mol. The van der Waals surface area contributed by atoms with E-state index < -0.39 is 35.1 Å². The van der Waals surface area contributed by atoms with Gasteiger partial charge in [-0.2, -0.15) is 4.91 Å². The Kier molecular flexibility index (Phi) is 7.71. The lowest BCUT2D eigenvalue weighted by Crippen LogP contribution is -2.30. The summed E-state index contributed by atoms with van der Waals surface area (Å²) in [4.78, 5) is 26.4. The van der Waals surface area contributed by atoms with E-state index in [1.54, 1.807) is 37.3 Å². The van der Waals surface area contributed by atoms with E-state index in [0.717, 1.165) is 12.1 Å². The summed E-state index contributed by atoms with van der Waals surface area (Å²) in [5.74, 6) is -1.37. The Morgan fingerprint density at radius 2 is 1.65 bits per heavy atom. The first-order valence-corrected chi connectivity index (χ1v) is 13.4. The minimum Gasteiger partial charge on any atom is -0.497 e. The summed E-state index contributed by atoms with van der Waals surface area (Å²) in [6.45, 7) is 1.64. The fraction of sp³-hybridized carbons (Fsp3) is 0.233. The normalized spacial score (nSPS) is 15.0. The maximum atomic E-state index is 15.5. The molecule has 0 fully saturated rings. The van der Waals surface area contributed by atoms with Gasteiger partial charge in [-0.05, 0) is 53.9 Å². The number of nitrogens with zero attached hydrogens (tertiary/aromatic N) is 2. The van der Waals surface area contributed by atoms with E-state index in [4.69, 9.17) is 9.47 Å². The molecule has 0 spiro atoms. The summed E-state index contributed by atoms with van der Waals surface area (Å²) in [5.41, 5.74) is 0.731. The fourth-order valence-electron chi connectivity index (χ4n) is 5.18. The standard InChI is InChI=1S/C30H25F3N2O4S/c1-16-20(14-21-22(31)7-5-8-23(21)32)30-35(29(36)26(16)19-6-4-9-25(39-3)27(19)33)24(15-40-30)28(34-37)17-10-12-18(38-2)13-11-17/h4-13,24,28H,14-15H2,1-3H3. The van der Waals surface area contributed by atoms with Gasteiger partial charge in [0.25, 0.3) is 5.56 Å². The van der Waals surface area contributed by atoms with Crippen LogP contribution in [-0.4, -0.2) is 24.5 Å². The second-order valence-corrected chi connectivity index (χ2v) is 10.4. The van der Waals surface area contributed by atoms with Crippen molar-refractivity contribution >= 4 is 11.8 Å². The molecule has 0 bridgehead atoms. The van der Waals surface area contributed by atoms with Crippen LogP contribution in [0.3, 0.4) is 0 Å². The first-order valence-electron chi connectivity index (χ1n) is 12.4. The quantitative estimate of drug-likeness (QED) is 0.215. The van der Waals surface area contributed by atoms with Gasteiger partial charge in [-0.3, -0.25) is 9.36 Å². The molecule has 0 radical (unpaired) electrons. The van der Waals surface area contributed by atoms with Crippen LogP contribution in [0.4, 0.5) is 13.2 Å². The number of aromatic nitrogens is 1. The number of hydrogen-bond donors (Lipinski definition) is 0. The molecule has 1 aromatic heterocycles. The van der Waals surface area contributed by atoms with Crippen molar-refractivity contribution < 1.29 is 22.6 Å². The first kappa shape index (κ1) is 27.5. The van der Waals surface area contributed by atoms with Crippen molar-refractivity contribution in [2.75, 3.05) is 20.0 Å². The van der Waals surface area contributed by atoms with Gasteiger partial charge >= 0.3 is 0 Å². The van der Waals surface area contributed by atoms with E-state index in [2.05, 4.69) is 5.18 Å². The zero-order chi connectivity index (χ0) is 28.6. The number of hydrogen-bond acceptors (Lipinski definition) is 6. The zero-order valence-electron chi connectivity index (χ0n) is 21.9. The van der Waals surface area contributed by atoms with Gasteiger partial charge in [0, 0.05) is 23.3 Å². The summed E-state index contributed by atoms with van der Waals surface area (Å²) >= 11 is 1.30. The molecule has 5 rings (SSSR count). The Balaban J connectivity index is 1.76. The summed E-state index contributed by atoms with van der Waals surface area (Å²) in [5, 5.41) is 3.83. The Bertz CT molecular complexity index is 1640. The predicted molar refractivity (Wildman–Crippen MR) is 148 cm³/mol. The van der Waals surface area contributed by atoms with Gasteiger partial charge in [-0.15, -0.1) is 11.8 Å². The molecule has 6 nitrogen and oxygen atoms in total. The molecule has 0 aliphatic carbocycles. The molecule has 10 heteroatoms. The average Bonchev–Trinajstić information content (AvgIpc) is 3.39. The second kappa shape index (κ2) is 11.2. The zero-order valence-corrected chi connectivity index (χ0v) is 22.7. The predicted octanol–water partition coefficient (Wildman–Crippen LogP) is 7.00. The monoisotopic (exact) mass is 566 g/mol. The van der Waals surface area contributed by atoms with Crippen molar-refractivity contribution in [3.05, 3.63) is 116 Å². The molecule has 1 aliphatic heterocycles. The van der Waals surface area contributed by atoms with Crippen molar-refractivity contribution in [1.82, 2.24) is 4.57 Å². The van der Waals surface area contributed by atoms with Crippen LogP contribution in [0.1, 0.15) is 34.3 Å². The lowest BCUT2D eigenvalue weighted by Gasteiger charge is -2.23. The summed E-state index contributed by atoms with van der Waals surface area (Å²) in [6.07, 6.45) is -0.181. The topological polar surface area (TPSA) is 69.9 Å². The minimum absolute atomic E-state index is 0.0110. The van der Waals surface area contributed by atoms with Crippen LogP contribution in [-0.2, 0) is 6.42 Å². The molecular weight excluding hydrogens is 541 g/mol. The fourth-order valence-corrected chi connectivity index (χ4v) is 6.59. The van der Waals surface area contributed by atoms with Crippen molar-refractivity contribution in [2.45, 2.75) is 30.5 Å². The summed E-state index contributed by atoms with van der Waals surface area (Å²) < 4.78 is 56.8. The van der Waals surface area contributed by atoms with Gasteiger partial charge in [0.05, 0.1) is 30.9 Å². The SMILES string of the molecule is COc1ccc(C(N=O)C2CSc3c(Cc4c(F)cccc4F)c(C)c(-c4cccc(OC)c4F)c(=O)n32)cc1. The van der Waals surface area contributed by atoms with Crippen LogP contribution in [0.15, 0.2) is 75.7 Å². The molecule has 2 atom stereocenters. The van der Waals surface area contributed by atoms with Gasteiger partial charge < -0.3 is 9.47 Å². The third-order valence-electron chi connectivity index (χ3n) is 7.26. The highest BCUT2D eigenvalue weighted by molar-refractivity contribution is 7.99. The summed E-state index contributed by atoms with van der Waals surface area (Å²) in [7, 11) is 2.84. The number of fused-ring (bicyclic) bond motifs is 1. The van der Waals surface area contributed by atoms with Crippen LogP contribution >= 0.6 is 11.8 Å². The van der Waals surface area contributed by atoms with E-state index in [1.807, 2.05) is 0 Å². The van der Waals surface area contributed by atoms with Crippen LogP contribution in [0.2, 0.25) is 0 Å². The van der Waals surface area contributed by atoms with Gasteiger partial charge in [-0.1, -0.05) is 35.5 Å². The molecule has 206 valence electrons. The third kappa shape index (κ3) is 4.66. The van der Waals surface area contributed by atoms with Crippen molar-refractivity contribution in [1.29, 1.82) is 0 Å². The Labute approximate surface area is 232 Å². The van der Waals surface area contributed by atoms with Crippen LogP contribution in [0.5, 0.6) is 11.5 Å². The maximum absolute atomic E-state index is 15.5. The number of ether oxygens (including phenoxy) is 2. The van der Waals surface area contributed by atoms with Crippen LogP contribution in [0, 0.1) is 29.3 Å². The molecule has 3 aromatic carbocycles. The molecular formula is C30H25F3N2O4S. The molecule has 2 unspecified atom stereocenters. The maximum Gasteiger partial charge on any atom is 0.260 e. The van der Waals surface area contributed by atoms with Crippen molar-refractivity contribution in [3.8, 4) is 22.6 Å². The Hall–Kier alpha value is -4.05. The lowest BCUT2D eigenvalue weighted by atomic mass is 9.93. The van der Waals surface area contributed by atoms with E-state index in [1.165, 1.54) is 48.7 Å². The number of thioether (sulfide) groups is 1. The minimum atomic E-state index is -0.957. The van der Waals surface area contributed by atoms with Gasteiger partial charge in [0.2, 0.25) is 0 Å². The van der Waals surface area contributed by atoms with Gasteiger partial charge in [-0.25, -0.2) is 13.2 Å². The van der Waals surface area contributed by atoms with E-state index >= 15 is 4.39 Å². The molecule has 1 aliphatic rings. The number of benzene rings is 3. The molecule has 4 aromatic rings.